The van der Waals surface area contributed by atoms with Gasteiger partial charge in [-0.2, -0.15) is 10.2 Å². The van der Waals surface area contributed by atoms with Gasteiger partial charge in [0.1, 0.15) is 6.33 Å². The molecule has 1 aliphatic rings. The Labute approximate surface area is 170 Å². The Bertz CT molecular complexity index is 1150. The van der Waals surface area contributed by atoms with E-state index in [1.807, 2.05) is 10.7 Å². The van der Waals surface area contributed by atoms with Crippen LogP contribution in [0.4, 0.5) is 0 Å². The van der Waals surface area contributed by atoms with Crippen molar-refractivity contribution in [3.05, 3.63) is 59.5 Å². The third-order valence-corrected chi connectivity index (χ3v) is 5.81. The van der Waals surface area contributed by atoms with E-state index < -0.39 is 0 Å². The monoisotopic (exact) mass is 386 g/mol. The lowest BCUT2D eigenvalue weighted by molar-refractivity contribution is 0.172. The standard InChI is InChI=1S/C23H26N6/c1-15(2)20-21(18-7-5-17(6-8-18)12-28-9-4-10-28)26-27-22(20)19-11-16(3)23-24-14-25-29(23)13-19/h5-8,11,13-15H,4,9-10,12H2,1-3H3,(H,26,27). The lowest BCUT2D eigenvalue weighted by Gasteiger charge is -2.30. The van der Waals surface area contributed by atoms with Crippen LogP contribution in [0.15, 0.2) is 42.9 Å². The summed E-state index contributed by atoms with van der Waals surface area (Å²) in [4.78, 5) is 6.80. The number of fused-ring (bicyclic) bond motifs is 1. The molecule has 148 valence electrons. The normalized spacial score (nSPS) is 14.6. The van der Waals surface area contributed by atoms with E-state index in [4.69, 9.17) is 5.10 Å². The number of nitrogens with one attached hydrogen (secondary N) is 1. The summed E-state index contributed by atoms with van der Waals surface area (Å²) in [5.41, 5.74) is 8.90. The van der Waals surface area contributed by atoms with Crippen LogP contribution in [0.25, 0.3) is 28.2 Å². The van der Waals surface area contributed by atoms with Crippen LogP contribution < -0.4 is 0 Å². The highest BCUT2D eigenvalue weighted by Gasteiger charge is 2.20. The largest absolute Gasteiger partial charge is 0.299 e. The van der Waals surface area contributed by atoms with E-state index in [2.05, 4.69) is 71.2 Å². The van der Waals surface area contributed by atoms with Crippen molar-refractivity contribution in [1.29, 1.82) is 0 Å². The van der Waals surface area contributed by atoms with Crippen molar-refractivity contribution in [2.75, 3.05) is 13.1 Å². The molecule has 1 aromatic carbocycles. The Morgan fingerprint density at radius 1 is 1.10 bits per heavy atom. The highest BCUT2D eigenvalue weighted by molar-refractivity contribution is 5.75. The first-order chi connectivity index (χ1) is 14.1. The smallest absolute Gasteiger partial charge is 0.158 e. The molecule has 0 atom stereocenters. The summed E-state index contributed by atoms with van der Waals surface area (Å²) in [5, 5.41) is 12.3. The molecule has 1 fully saturated rings. The minimum absolute atomic E-state index is 0.339. The van der Waals surface area contributed by atoms with Crippen molar-refractivity contribution in [1.82, 2.24) is 29.7 Å². The molecule has 1 aliphatic heterocycles. The highest BCUT2D eigenvalue weighted by Crippen LogP contribution is 2.36. The maximum absolute atomic E-state index is 4.71. The molecule has 4 heterocycles. The number of rotatable bonds is 5. The Balaban J connectivity index is 1.53. The van der Waals surface area contributed by atoms with Crippen LogP contribution in [0.1, 0.15) is 42.9 Å². The maximum Gasteiger partial charge on any atom is 0.158 e. The molecule has 0 radical (unpaired) electrons. The van der Waals surface area contributed by atoms with E-state index in [1.165, 1.54) is 36.2 Å². The number of nitrogens with zero attached hydrogens (tertiary/aromatic N) is 5. The molecule has 1 saturated heterocycles. The summed E-state index contributed by atoms with van der Waals surface area (Å²) >= 11 is 0. The molecule has 6 nitrogen and oxygen atoms in total. The first kappa shape index (κ1) is 18.1. The van der Waals surface area contributed by atoms with Gasteiger partial charge in [0.2, 0.25) is 0 Å². The average Bonchev–Trinajstić information content (AvgIpc) is 3.32. The van der Waals surface area contributed by atoms with Gasteiger partial charge in [-0.3, -0.25) is 10.00 Å². The molecule has 1 N–H and O–H groups in total. The van der Waals surface area contributed by atoms with E-state index in [0.29, 0.717) is 5.92 Å². The maximum atomic E-state index is 4.71. The van der Waals surface area contributed by atoms with Gasteiger partial charge in [-0.25, -0.2) is 9.50 Å². The SMILES string of the molecule is Cc1cc(-c2n[nH]c(-c3ccc(CN4CCC4)cc3)c2C(C)C)cn2ncnc12. The van der Waals surface area contributed by atoms with Gasteiger partial charge in [-0.1, -0.05) is 38.1 Å². The van der Waals surface area contributed by atoms with Crippen LogP contribution in [0.5, 0.6) is 0 Å². The fraction of sp³-hybridized carbons (Fsp3) is 0.348. The number of likely N-dealkylation sites (tertiary alicyclic amines) is 1. The van der Waals surface area contributed by atoms with Crippen molar-refractivity contribution in [3.8, 4) is 22.5 Å². The molecular weight excluding hydrogens is 360 g/mol. The molecule has 0 aliphatic carbocycles. The van der Waals surface area contributed by atoms with Crippen LogP contribution >= 0.6 is 0 Å². The van der Waals surface area contributed by atoms with Gasteiger partial charge < -0.3 is 0 Å². The van der Waals surface area contributed by atoms with Gasteiger partial charge in [0.25, 0.3) is 0 Å². The Morgan fingerprint density at radius 3 is 2.59 bits per heavy atom. The van der Waals surface area contributed by atoms with Crippen LogP contribution in [-0.2, 0) is 6.54 Å². The average molecular weight is 387 g/mol. The third kappa shape index (κ3) is 3.23. The van der Waals surface area contributed by atoms with E-state index in [0.717, 1.165) is 34.7 Å². The van der Waals surface area contributed by atoms with Gasteiger partial charge in [-0.15, -0.1) is 0 Å². The molecule has 0 saturated carbocycles. The number of hydrogen-bond donors (Lipinski definition) is 1. The van der Waals surface area contributed by atoms with Gasteiger partial charge in [0.15, 0.2) is 5.65 Å². The quantitative estimate of drug-likeness (QED) is 0.551. The summed E-state index contributed by atoms with van der Waals surface area (Å²) in [7, 11) is 0. The second kappa shape index (κ2) is 7.12. The number of benzene rings is 1. The van der Waals surface area contributed by atoms with E-state index in [-0.39, 0.29) is 0 Å². The zero-order chi connectivity index (χ0) is 20.0. The molecular formula is C23H26N6. The molecule has 0 spiro atoms. The number of pyridine rings is 1. The molecule has 6 heteroatoms. The van der Waals surface area contributed by atoms with Crippen LogP contribution in [0.3, 0.4) is 0 Å². The Hall–Kier alpha value is -2.99. The molecule has 0 amide bonds. The number of aryl methyl sites for hydroxylation is 1. The minimum atomic E-state index is 0.339. The topological polar surface area (TPSA) is 62.1 Å². The van der Waals surface area contributed by atoms with Crippen molar-refractivity contribution in [3.63, 3.8) is 0 Å². The molecule has 29 heavy (non-hydrogen) atoms. The zero-order valence-electron chi connectivity index (χ0n) is 17.2. The third-order valence-electron chi connectivity index (χ3n) is 5.81. The van der Waals surface area contributed by atoms with Crippen molar-refractivity contribution < 1.29 is 0 Å². The Morgan fingerprint density at radius 2 is 1.90 bits per heavy atom. The molecule has 0 bridgehead atoms. The van der Waals surface area contributed by atoms with Crippen molar-refractivity contribution >= 4 is 5.65 Å². The highest BCUT2D eigenvalue weighted by atomic mass is 15.3. The fourth-order valence-corrected chi connectivity index (χ4v) is 4.15. The molecule has 0 unspecified atom stereocenters. The number of aromatic nitrogens is 5. The molecule has 3 aromatic heterocycles. The van der Waals surface area contributed by atoms with Crippen LogP contribution in [-0.4, -0.2) is 42.8 Å². The second-order valence-electron chi connectivity index (χ2n) is 8.28. The first-order valence-corrected chi connectivity index (χ1v) is 10.3. The summed E-state index contributed by atoms with van der Waals surface area (Å²) in [6.07, 6.45) is 4.93. The number of aromatic amines is 1. The lowest BCUT2D eigenvalue weighted by Crippen LogP contribution is -2.36. The van der Waals surface area contributed by atoms with Crippen molar-refractivity contribution in [2.24, 2.45) is 0 Å². The number of H-pyrrole nitrogens is 1. The first-order valence-electron chi connectivity index (χ1n) is 10.3. The van der Waals surface area contributed by atoms with E-state index in [9.17, 15) is 0 Å². The fourth-order valence-electron chi connectivity index (χ4n) is 4.15. The Kier molecular flexibility index (Phi) is 4.43. The summed E-state index contributed by atoms with van der Waals surface area (Å²) < 4.78 is 1.83. The second-order valence-corrected chi connectivity index (χ2v) is 8.28. The number of hydrogen-bond acceptors (Lipinski definition) is 4. The summed E-state index contributed by atoms with van der Waals surface area (Å²) in [5.74, 6) is 0.339. The summed E-state index contributed by atoms with van der Waals surface area (Å²) in [6, 6.07) is 11.0. The lowest BCUT2D eigenvalue weighted by atomic mass is 9.93. The van der Waals surface area contributed by atoms with E-state index in [1.54, 1.807) is 6.33 Å². The molecule has 4 aromatic rings. The molecule has 5 rings (SSSR count). The van der Waals surface area contributed by atoms with Crippen LogP contribution in [0.2, 0.25) is 0 Å². The zero-order valence-corrected chi connectivity index (χ0v) is 17.2. The van der Waals surface area contributed by atoms with E-state index >= 15 is 0 Å². The van der Waals surface area contributed by atoms with Gasteiger partial charge in [0, 0.05) is 23.9 Å². The van der Waals surface area contributed by atoms with Gasteiger partial charge >= 0.3 is 0 Å². The van der Waals surface area contributed by atoms with Crippen molar-refractivity contribution in [2.45, 2.75) is 39.7 Å². The predicted octanol–water partition coefficient (Wildman–Crippen LogP) is 4.42. The van der Waals surface area contributed by atoms with Gasteiger partial charge in [0.05, 0.1) is 11.4 Å². The summed E-state index contributed by atoms with van der Waals surface area (Å²) in [6.45, 7) is 9.99. The minimum Gasteiger partial charge on any atom is -0.299 e. The van der Waals surface area contributed by atoms with Gasteiger partial charge in [-0.05, 0) is 55.1 Å². The predicted molar refractivity (Wildman–Crippen MR) is 115 cm³/mol. The van der Waals surface area contributed by atoms with Crippen LogP contribution in [0, 0.1) is 6.92 Å².